The summed E-state index contributed by atoms with van der Waals surface area (Å²) in [6.07, 6.45) is 1.83. The molecule has 0 aliphatic carbocycles. The van der Waals surface area contributed by atoms with E-state index >= 15 is 0 Å². The van der Waals surface area contributed by atoms with E-state index in [1.807, 2.05) is 13.0 Å². The van der Waals surface area contributed by atoms with Crippen molar-refractivity contribution in [1.29, 1.82) is 0 Å². The van der Waals surface area contributed by atoms with Gasteiger partial charge in [0.2, 0.25) is 0 Å². The molecule has 0 fully saturated rings. The lowest BCUT2D eigenvalue weighted by atomic mass is 9.86. The highest BCUT2D eigenvalue weighted by molar-refractivity contribution is 5.69. The largest absolute Gasteiger partial charge is 0.392 e. The summed E-state index contributed by atoms with van der Waals surface area (Å²) in [5.41, 5.74) is 6.25. The molecule has 2 rings (SSSR count). The Bertz CT molecular complexity index is 610. The van der Waals surface area contributed by atoms with Crippen LogP contribution in [-0.2, 0) is 5.41 Å². The third kappa shape index (κ3) is 3.83. The van der Waals surface area contributed by atoms with Crippen LogP contribution in [0.15, 0.2) is 54.6 Å². The average Bonchev–Trinajstić information content (AvgIpc) is 2.47. The van der Waals surface area contributed by atoms with Gasteiger partial charge >= 0.3 is 0 Å². The quantitative estimate of drug-likeness (QED) is 0.834. The van der Waals surface area contributed by atoms with E-state index in [0.717, 1.165) is 11.1 Å². The molecule has 2 aromatic carbocycles. The Labute approximate surface area is 128 Å². The Hall–Kier alpha value is -1.86. The molecule has 0 heterocycles. The fourth-order valence-electron chi connectivity index (χ4n) is 2.34. The monoisotopic (exact) mass is 280 g/mol. The number of benzene rings is 2. The standard InChI is InChI=1S/C20H24O/c1-15(13-14-21)16-5-7-17(8-6-16)18-9-11-19(12-10-18)20(2,3)4/h5-13,21H,14H2,1-4H3/b15-13+. The van der Waals surface area contributed by atoms with Crippen molar-refractivity contribution in [2.45, 2.75) is 33.1 Å². The van der Waals surface area contributed by atoms with Gasteiger partial charge in [0.1, 0.15) is 0 Å². The molecule has 110 valence electrons. The molecule has 0 saturated heterocycles. The van der Waals surface area contributed by atoms with Crippen LogP contribution in [0.25, 0.3) is 16.7 Å². The van der Waals surface area contributed by atoms with Crippen molar-refractivity contribution in [2.24, 2.45) is 0 Å². The zero-order valence-electron chi connectivity index (χ0n) is 13.4. The predicted octanol–water partition coefficient (Wildman–Crippen LogP) is 5.05. The zero-order valence-corrected chi connectivity index (χ0v) is 13.4. The molecule has 0 aromatic heterocycles. The van der Waals surface area contributed by atoms with Crippen LogP contribution in [0.5, 0.6) is 0 Å². The van der Waals surface area contributed by atoms with E-state index in [1.165, 1.54) is 16.7 Å². The van der Waals surface area contributed by atoms with Crippen LogP contribution in [0.4, 0.5) is 0 Å². The summed E-state index contributed by atoms with van der Waals surface area (Å²) in [5, 5.41) is 8.95. The maximum absolute atomic E-state index is 8.95. The first-order valence-corrected chi connectivity index (χ1v) is 7.41. The van der Waals surface area contributed by atoms with E-state index in [2.05, 4.69) is 69.3 Å². The van der Waals surface area contributed by atoms with Gasteiger partial charge in [-0.1, -0.05) is 75.4 Å². The van der Waals surface area contributed by atoms with Crippen molar-refractivity contribution in [3.05, 3.63) is 65.7 Å². The van der Waals surface area contributed by atoms with Gasteiger partial charge in [-0.2, -0.15) is 0 Å². The normalized spacial score (nSPS) is 12.5. The minimum absolute atomic E-state index is 0.0852. The van der Waals surface area contributed by atoms with Crippen molar-refractivity contribution in [3.63, 3.8) is 0 Å². The molecule has 21 heavy (non-hydrogen) atoms. The van der Waals surface area contributed by atoms with E-state index in [-0.39, 0.29) is 12.0 Å². The second-order valence-electron chi connectivity index (χ2n) is 6.47. The van der Waals surface area contributed by atoms with Crippen molar-refractivity contribution < 1.29 is 5.11 Å². The third-order valence-corrected chi connectivity index (χ3v) is 3.82. The molecule has 0 bridgehead atoms. The van der Waals surface area contributed by atoms with Gasteiger partial charge in [0, 0.05) is 0 Å². The van der Waals surface area contributed by atoms with Gasteiger partial charge in [-0.05, 0) is 40.2 Å². The van der Waals surface area contributed by atoms with Crippen LogP contribution in [-0.4, -0.2) is 11.7 Å². The molecule has 0 atom stereocenters. The lowest BCUT2D eigenvalue weighted by Crippen LogP contribution is -2.10. The van der Waals surface area contributed by atoms with E-state index in [0.29, 0.717) is 0 Å². The highest BCUT2D eigenvalue weighted by Crippen LogP contribution is 2.27. The topological polar surface area (TPSA) is 20.2 Å². The van der Waals surface area contributed by atoms with Gasteiger partial charge in [0.05, 0.1) is 6.61 Å². The lowest BCUT2D eigenvalue weighted by Gasteiger charge is -2.19. The third-order valence-electron chi connectivity index (χ3n) is 3.82. The Morgan fingerprint density at radius 1 is 0.905 bits per heavy atom. The Morgan fingerprint density at radius 3 is 1.81 bits per heavy atom. The molecule has 0 saturated carbocycles. The molecule has 1 N–H and O–H groups in total. The van der Waals surface area contributed by atoms with Gasteiger partial charge in [0.25, 0.3) is 0 Å². The van der Waals surface area contributed by atoms with Gasteiger partial charge < -0.3 is 5.11 Å². The van der Waals surface area contributed by atoms with Crippen molar-refractivity contribution in [2.75, 3.05) is 6.61 Å². The number of hydrogen-bond acceptors (Lipinski definition) is 1. The number of allylic oxidation sites excluding steroid dienone is 1. The van der Waals surface area contributed by atoms with Crippen LogP contribution in [0.3, 0.4) is 0 Å². The highest BCUT2D eigenvalue weighted by atomic mass is 16.2. The first-order chi connectivity index (χ1) is 9.91. The predicted molar refractivity (Wildman–Crippen MR) is 91.3 cm³/mol. The second-order valence-corrected chi connectivity index (χ2v) is 6.47. The number of aliphatic hydroxyl groups is 1. The fourth-order valence-corrected chi connectivity index (χ4v) is 2.34. The van der Waals surface area contributed by atoms with Crippen LogP contribution in [0.2, 0.25) is 0 Å². The number of rotatable bonds is 3. The van der Waals surface area contributed by atoms with E-state index in [4.69, 9.17) is 5.11 Å². The fraction of sp³-hybridized carbons (Fsp3) is 0.300. The maximum Gasteiger partial charge on any atom is 0.0618 e. The molecule has 0 amide bonds. The van der Waals surface area contributed by atoms with Crippen LogP contribution in [0, 0.1) is 0 Å². The minimum Gasteiger partial charge on any atom is -0.392 e. The lowest BCUT2D eigenvalue weighted by molar-refractivity contribution is 0.343. The first-order valence-electron chi connectivity index (χ1n) is 7.41. The number of aliphatic hydroxyl groups excluding tert-OH is 1. The van der Waals surface area contributed by atoms with E-state index < -0.39 is 0 Å². The maximum atomic E-state index is 8.95. The Balaban J connectivity index is 2.25. The van der Waals surface area contributed by atoms with E-state index in [9.17, 15) is 0 Å². The molecular formula is C20H24O. The SMILES string of the molecule is C/C(=C\CO)c1ccc(-c2ccc(C(C)(C)C)cc2)cc1. The summed E-state index contributed by atoms with van der Waals surface area (Å²) >= 11 is 0. The van der Waals surface area contributed by atoms with Gasteiger partial charge in [0.15, 0.2) is 0 Å². The molecular weight excluding hydrogens is 256 g/mol. The van der Waals surface area contributed by atoms with Crippen molar-refractivity contribution in [3.8, 4) is 11.1 Å². The molecule has 0 unspecified atom stereocenters. The molecule has 0 aliphatic heterocycles. The minimum atomic E-state index is 0.0852. The van der Waals surface area contributed by atoms with Crippen LogP contribution < -0.4 is 0 Å². The summed E-state index contributed by atoms with van der Waals surface area (Å²) in [7, 11) is 0. The highest BCUT2D eigenvalue weighted by Gasteiger charge is 2.12. The Morgan fingerprint density at radius 2 is 1.38 bits per heavy atom. The molecule has 2 aromatic rings. The molecule has 0 spiro atoms. The van der Waals surface area contributed by atoms with Crippen molar-refractivity contribution >= 4 is 5.57 Å². The van der Waals surface area contributed by atoms with Crippen molar-refractivity contribution in [1.82, 2.24) is 0 Å². The summed E-state index contributed by atoms with van der Waals surface area (Å²) in [4.78, 5) is 0. The average molecular weight is 280 g/mol. The van der Waals surface area contributed by atoms with Gasteiger partial charge in [-0.25, -0.2) is 0 Å². The summed E-state index contributed by atoms with van der Waals surface area (Å²) in [6.45, 7) is 8.79. The molecule has 1 heteroatoms. The summed E-state index contributed by atoms with van der Waals surface area (Å²) in [5.74, 6) is 0. The van der Waals surface area contributed by atoms with Gasteiger partial charge in [-0.3, -0.25) is 0 Å². The first kappa shape index (κ1) is 15.5. The molecule has 1 nitrogen and oxygen atoms in total. The van der Waals surface area contributed by atoms with Crippen LogP contribution in [0.1, 0.15) is 38.8 Å². The van der Waals surface area contributed by atoms with Gasteiger partial charge in [-0.15, -0.1) is 0 Å². The zero-order chi connectivity index (χ0) is 15.5. The summed E-state index contributed by atoms with van der Waals surface area (Å²) < 4.78 is 0. The summed E-state index contributed by atoms with van der Waals surface area (Å²) in [6, 6.07) is 17.3. The molecule has 0 aliphatic rings. The second kappa shape index (κ2) is 6.28. The van der Waals surface area contributed by atoms with E-state index in [1.54, 1.807) is 0 Å². The number of hydrogen-bond donors (Lipinski definition) is 1. The van der Waals surface area contributed by atoms with Crippen LogP contribution >= 0.6 is 0 Å². The smallest absolute Gasteiger partial charge is 0.0618 e. The Kier molecular flexibility index (Phi) is 4.64. The molecule has 0 radical (unpaired) electrons.